The van der Waals surface area contributed by atoms with Crippen LogP contribution in [0.2, 0.25) is 5.02 Å². The zero-order valence-corrected chi connectivity index (χ0v) is 12.0. The third-order valence-electron chi connectivity index (χ3n) is 3.10. The van der Waals surface area contributed by atoms with Crippen LogP contribution in [0.1, 0.15) is 29.3 Å². The summed E-state index contributed by atoms with van der Waals surface area (Å²) in [5.41, 5.74) is 1.97. The van der Waals surface area contributed by atoms with Crippen molar-refractivity contribution in [2.75, 3.05) is 0 Å². The fraction of sp³-hybridized carbons (Fsp3) is 0.250. The summed E-state index contributed by atoms with van der Waals surface area (Å²) in [6.45, 7) is 0. The Morgan fingerprint density at radius 2 is 1.74 bits per heavy atom. The lowest BCUT2D eigenvalue weighted by Crippen LogP contribution is -1.94. The largest absolute Gasteiger partial charge is 0.205 e. The van der Waals surface area contributed by atoms with E-state index in [1.165, 1.54) is 6.07 Å². The molecule has 0 heterocycles. The Morgan fingerprint density at radius 3 is 2.47 bits per heavy atom. The molecule has 0 aliphatic carbocycles. The second-order valence-electron chi connectivity index (χ2n) is 4.48. The highest BCUT2D eigenvalue weighted by molar-refractivity contribution is 6.31. The summed E-state index contributed by atoms with van der Waals surface area (Å²) in [6, 6.07) is 14.9. The lowest BCUT2D eigenvalue weighted by Gasteiger charge is -2.10. The third-order valence-corrected chi connectivity index (χ3v) is 3.99. The van der Waals surface area contributed by atoms with Gasteiger partial charge in [0.2, 0.25) is 0 Å². The van der Waals surface area contributed by atoms with Gasteiger partial charge in [0.1, 0.15) is 5.82 Å². The predicted molar refractivity (Wildman–Crippen MR) is 79.4 cm³/mol. The summed E-state index contributed by atoms with van der Waals surface area (Å²) >= 11 is 12.3. The summed E-state index contributed by atoms with van der Waals surface area (Å²) in [6.07, 6.45) is 2.47. The minimum atomic E-state index is -0.357. The highest BCUT2D eigenvalue weighted by Gasteiger charge is 2.09. The molecule has 0 radical (unpaired) electrons. The first-order valence-corrected chi connectivity index (χ1v) is 7.12. The van der Waals surface area contributed by atoms with E-state index in [-0.39, 0.29) is 16.2 Å². The average Bonchev–Trinajstić information content (AvgIpc) is 2.44. The number of rotatable bonds is 5. The normalized spacial score (nSPS) is 12.4. The van der Waals surface area contributed by atoms with Gasteiger partial charge in [0.15, 0.2) is 0 Å². The van der Waals surface area contributed by atoms with Gasteiger partial charge < -0.3 is 0 Å². The lowest BCUT2D eigenvalue weighted by molar-refractivity contribution is 0.623. The number of aryl methyl sites for hydroxylation is 1. The molecule has 0 aromatic heterocycles. The van der Waals surface area contributed by atoms with E-state index in [4.69, 9.17) is 23.2 Å². The molecule has 3 heteroatoms. The van der Waals surface area contributed by atoms with Gasteiger partial charge in [0.25, 0.3) is 0 Å². The van der Waals surface area contributed by atoms with Crippen LogP contribution in [0.3, 0.4) is 0 Å². The molecule has 1 unspecified atom stereocenters. The fourth-order valence-corrected chi connectivity index (χ4v) is 2.56. The summed E-state index contributed by atoms with van der Waals surface area (Å²) < 4.78 is 13.3. The van der Waals surface area contributed by atoms with Crippen LogP contribution in [-0.4, -0.2) is 0 Å². The van der Waals surface area contributed by atoms with Gasteiger partial charge >= 0.3 is 0 Å². The Balaban J connectivity index is 1.88. The minimum Gasteiger partial charge on any atom is -0.205 e. The zero-order chi connectivity index (χ0) is 13.7. The van der Waals surface area contributed by atoms with Gasteiger partial charge in [-0.05, 0) is 36.5 Å². The van der Waals surface area contributed by atoms with E-state index >= 15 is 0 Å². The number of hydrogen-bond donors (Lipinski definition) is 0. The first-order chi connectivity index (χ1) is 9.18. The average molecular weight is 297 g/mol. The van der Waals surface area contributed by atoms with Crippen LogP contribution in [0.4, 0.5) is 4.39 Å². The molecule has 19 heavy (non-hydrogen) atoms. The molecule has 0 saturated heterocycles. The predicted octanol–water partition coefficient (Wildman–Crippen LogP) is 5.78. The molecule has 0 amide bonds. The Bertz CT molecular complexity index is 526. The topological polar surface area (TPSA) is 0 Å². The molecule has 0 bridgehead atoms. The van der Waals surface area contributed by atoms with Crippen LogP contribution in [-0.2, 0) is 6.42 Å². The molecule has 2 aromatic carbocycles. The molecule has 2 aromatic rings. The Labute approximate surface area is 123 Å². The van der Waals surface area contributed by atoms with Crippen molar-refractivity contribution in [1.29, 1.82) is 0 Å². The molecular weight excluding hydrogens is 282 g/mol. The highest BCUT2D eigenvalue weighted by Crippen LogP contribution is 2.27. The van der Waals surface area contributed by atoms with Crippen LogP contribution >= 0.6 is 23.2 Å². The van der Waals surface area contributed by atoms with Crippen molar-refractivity contribution in [3.05, 3.63) is 70.5 Å². The second kappa shape index (κ2) is 6.93. The summed E-state index contributed by atoms with van der Waals surface area (Å²) in [5.74, 6) is -0.357. The first kappa shape index (κ1) is 14.4. The maximum absolute atomic E-state index is 13.3. The van der Waals surface area contributed by atoms with Gasteiger partial charge in [0.05, 0.1) is 10.4 Å². The minimum absolute atomic E-state index is 0.00599. The van der Waals surface area contributed by atoms with Crippen LogP contribution in [0, 0.1) is 5.82 Å². The van der Waals surface area contributed by atoms with Crippen molar-refractivity contribution < 1.29 is 4.39 Å². The van der Waals surface area contributed by atoms with Gasteiger partial charge in [-0.2, -0.15) is 0 Å². The number of hydrogen-bond acceptors (Lipinski definition) is 0. The molecule has 100 valence electrons. The molecule has 0 aliphatic rings. The summed E-state index contributed by atoms with van der Waals surface area (Å²) in [7, 11) is 0. The summed E-state index contributed by atoms with van der Waals surface area (Å²) in [4.78, 5) is 0. The maximum atomic E-state index is 13.3. The van der Waals surface area contributed by atoms with Crippen LogP contribution in [0.15, 0.2) is 48.5 Å². The number of benzene rings is 2. The molecule has 0 fully saturated rings. The van der Waals surface area contributed by atoms with Gasteiger partial charge in [0, 0.05) is 0 Å². The van der Waals surface area contributed by atoms with Gasteiger partial charge in [-0.25, -0.2) is 4.39 Å². The monoisotopic (exact) mass is 296 g/mol. The second-order valence-corrected chi connectivity index (χ2v) is 5.39. The zero-order valence-electron chi connectivity index (χ0n) is 10.5. The smallest absolute Gasteiger partial charge is 0.142 e. The molecule has 0 saturated carbocycles. The molecule has 0 spiro atoms. The maximum Gasteiger partial charge on any atom is 0.142 e. The standard InChI is InChI=1S/C16H15Cl2F/c17-14(12-6-2-1-3-7-12)10-4-8-13-9-5-11-15(19)16(13)18/h1-3,5-7,9,11,14H,4,8,10H2. The van der Waals surface area contributed by atoms with Crippen molar-refractivity contribution in [2.24, 2.45) is 0 Å². The highest BCUT2D eigenvalue weighted by atomic mass is 35.5. The molecule has 2 rings (SSSR count). The molecule has 0 N–H and O–H groups in total. The number of alkyl halides is 1. The Kier molecular flexibility index (Phi) is 5.24. The SMILES string of the molecule is Fc1cccc(CCCC(Cl)c2ccccc2)c1Cl. The van der Waals surface area contributed by atoms with Crippen molar-refractivity contribution in [2.45, 2.75) is 24.6 Å². The lowest BCUT2D eigenvalue weighted by atomic mass is 10.0. The van der Waals surface area contributed by atoms with E-state index in [1.54, 1.807) is 6.07 Å². The molecular formula is C16H15Cl2F. The van der Waals surface area contributed by atoms with Gasteiger partial charge in [-0.1, -0.05) is 54.1 Å². The van der Waals surface area contributed by atoms with Crippen LogP contribution in [0.5, 0.6) is 0 Å². The Morgan fingerprint density at radius 1 is 1.00 bits per heavy atom. The van der Waals surface area contributed by atoms with Crippen molar-refractivity contribution in [1.82, 2.24) is 0 Å². The van der Waals surface area contributed by atoms with Crippen molar-refractivity contribution in [3.63, 3.8) is 0 Å². The van der Waals surface area contributed by atoms with E-state index in [0.717, 1.165) is 30.4 Å². The van der Waals surface area contributed by atoms with E-state index in [9.17, 15) is 4.39 Å². The summed E-state index contributed by atoms with van der Waals surface area (Å²) in [5, 5.41) is 0.224. The van der Waals surface area contributed by atoms with Crippen molar-refractivity contribution >= 4 is 23.2 Å². The van der Waals surface area contributed by atoms with E-state index in [0.29, 0.717) is 0 Å². The van der Waals surface area contributed by atoms with E-state index in [2.05, 4.69) is 0 Å². The van der Waals surface area contributed by atoms with Crippen molar-refractivity contribution in [3.8, 4) is 0 Å². The van der Waals surface area contributed by atoms with Gasteiger partial charge in [-0.3, -0.25) is 0 Å². The molecule has 0 aliphatic heterocycles. The fourth-order valence-electron chi connectivity index (χ4n) is 2.04. The number of halogens is 3. The third kappa shape index (κ3) is 3.95. The quantitative estimate of drug-likeness (QED) is 0.613. The van der Waals surface area contributed by atoms with Gasteiger partial charge in [-0.15, -0.1) is 11.6 Å². The molecule has 0 nitrogen and oxygen atoms in total. The van der Waals surface area contributed by atoms with E-state index in [1.807, 2.05) is 36.4 Å². The van der Waals surface area contributed by atoms with Crippen LogP contribution in [0.25, 0.3) is 0 Å². The Hall–Kier alpha value is -1.05. The van der Waals surface area contributed by atoms with E-state index < -0.39 is 0 Å². The first-order valence-electron chi connectivity index (χ1n) is 6.30. The molecule has 1 atom stereocenters. The van der Waals surface area contributed by atoms with Crippen LogP contribution < -0.4 is 0 Å².